The Hall–Kier alpha value is -3.17. The molecule has 1 spiro atoms. The van der Waals surface area contributed by atoms with Crippen LogP contribution in [-0.4, -0.2) is 77.9 Å². The van der Waals surface area contributed by atoms with E-state index in [-0.39, 0.29) is 31.6 Å². The van der Waals surface area contributed by atoms with E-state index >= 15 is 0 Å². The zero-order valence-electron chi connectivity index (χ0n) is 23.1. The first kappa shape index (κ1) is 28.8. The summed E-state index contributed by atoms with van der Waals surface area (Å²) in [7, 11) is 1.57. The molecule has 2 bridgehead atoms. The zero-order chi connectivity index (χ0) is 28.4. The van der Waals surface area contributed by atoms with Gasteiger partial charge in [0.2, 0.25) is 5.91 Å². The maximum atomic E-state index is 14.5. The smallest absolute Gasteiger partial charge is 0.312 e. The fraction of sp³-hybridized carbons (Fsp3) is 0.567. The lowest BCUT2D eigenvalue weighted by Gasteiger charge is -2.39. The van der Waals surface area contributed by atoms with Crippen LogP contribution in [0.15, 0.2) is 49.6 Å². The molecule has 3 aliphatic rings. The number of rotatable bonds is 13. The number of allylic oxidation sites excluding steroid dienone is 1. The Bertz CT molecular complexity index is 1100. The van der Waals surface area contributed by atoms with Crippen LogP contribution >= 0.6 is 0 Å². The van der Waals surface area contributed by atoms with E-state index in [4.69, 9.17) is 14.2 Å². The Morgan fingerprint density at radius 3 is 2.56 bits per heavy atom. The van der Waals surface area contributed by atoms with Gasteiger partial charge in [0.15, 0.2) is 0 Å². The van der Waals surface area contributed by atoms with Crippen molar-refractivity contribution in [1.29, 1.82) is 0 Å². The predicted molar refractivity (Wildman–Crippen MR) is 146 cm³/mol. The number of hydrogen-bond acceptors (Lipinski definition) is 7. The highest BCUT2D eigenvalue weighted by Gasteiger charge is 2.79. The van der Waals surface area contributed by atoms with Crippen LogP contribution in [0.5, 0.6) is 5.75 Å². The number of esters is 1. The molecule has 4 rings (SSSR count). The van der Waals surface area contributed by atoms with Crippen LogP contribution in [0.1, 0.15) is 46.0 Å². The van der Waals surface area contributed by atoms with Crippen LogP contribution < -0.4 is 9.64 Å². The van der Waals surface area contributed by atoms with Crippen LogP contribution in [0.2, 0.25) is 0 Å². The number of aliphatic hydroxyl groups excluding tert-OH is 1. The molecule has 1 aromatic carbocycles. The first-order valence-corrected chi connectivity index (χ1v) is 13.7. The third-order valence-electron chi connectivity index (χ3n) is 8.54. The summed E-state index contributed by atoms with van der Waals surface area (Å²) in [5.41, 5.74) is -1.52. The van der Waals surface area contributed by atoms with Crippen LogP contribution in [0.25, 0.3) is 0 Å². The van der Waals surface area contributed by atoms with Crippen LogP contribution in [0.4, 0.5) is 5.69 Å². The molecule has 0 aromatic heterocycles. The van der Waals surface area contributed by atoms with Gasteiger partial charge in [0.05, 0.1) is 37.9 Å². The highest BCUT2D eigenvalue weighted by Crippen LogP contribution is 2.63. The van der Waals surface area contributed by atoms with Gasteiger partial charge >= 0.3 is 5.97 Å². The van der Waals surface area contributed by atoms with Gasteiger partial charge in [-0.25, -0.2) is 0 Å². The number of amides is 2. The van der Waals surface area contributed by atoms with E-state index in [1.54, 1.807) is 48.4 Å². The number of unbranched alkanes of at least 4 members (excludes halogenated alkanes) is 1. The maximum absolute atomic E-state index is 14.5. The average molecular weight is 541 g/mol. The Kier molecular flexibility index (Phi) is 8.51. The van der Waals surface area contributed by atoms with Gasteiger partial charge < -0.3 is 29.1 Å². The Balaban J connectivity index is 1.76. The van der Waals surface area contributed by atoms with Gasteiger partial charge in [-0.3, -0.25) is 14.4 Å². The van der Waals surface area contributed by atoms with Crippen molar-refractivity contribution in [1.82, 2.24) is 4.90 Å². The van der Waals surface area contributed by atoms with Crippen LogP contribution in [-0.2, 0) is 23.9 Å². The Morgan fingerprint density at radius 2 is 1.97 bits per heavy atom. The summed E-state index contributed by atoms with van der Waals surface area (Å²) in [5, 5.41) is 10.3. The van der Waals surface area contributed by atoms with E-state index in [0.717, 1.165) is 0 Å². The van der Waals surface area contributed by atoms with Crippen LogP contribution in [0.3, 0.4) is 0 Å². The molecule has 0 radical (unpaired) electrons. The van der Waals surface area contributed by atoms with Crippen molar-refractivity contribution in [2.24, 2.45) is 11.8 Å². The van der Waals surface area contributed by atoms with E-state index in [1.807, 2.05) is 13.8 Å². The fourth-order valence-corrected chi connectivity index (χ4v) is 6.66. The van der Waals surface area contributed by atoms with Crippen LogP contribution in [0, 0.1) is 11.8 Å². The number of carbonyl (C=O) groups excluding carboxylic acids is 3. The summed E-state index contributed by atoms with van der Waals surface area (Å²) in [6.45, 7) is 11.3. The number of fused-ring (bicyclic) bond motifs is 1. The molecular weight excluding hydrogens is 500 g/mol. The van der Waals surface area contributed by atoms with Crippen molar-refractivity contribution in [3.63, 3.8) is 0 Å². The molecule has 9 nitrogen and oxygen atoms in total. The molecule has 212 valence electrons. The summed E-state index contributed by atoms with van der Waals surface area (Å²) in [6, 6.07) is 5.45. The van der Waals surface area contributed by atoms with Crippen molar-refractivity contribution in [3.05, 3.63) is 49.6 Å². The van der Waals surface area contributed by atoms with E-state index in [1.165, 1.54) is 4.90 Å². The molecule has 6 atom stereocenters. The Morgan fingerprint density at radius 1 is 1.26 bits per heavy atom. The first-order chi connectivity index (χ1) is 18.7. The standard InChI is InChI=1S/C30H40N2O7/c1-6-9-10-18-38-28(36)24-23-26(34)32(20(8-3)19-33)25(30(23)16-15-29(24,4)39-30)27(35)31(17-7-2)21-11-13-22(37-5)14-12-21/h6-7,11-14,20,23-25,33H,1-2,8-10,15-19H2,3-5H3/t20-,23-,24+,25?,29-,30?/m0/s1. The van der Waals surface area contributed by atoms with Gasteiger partial charge in [0.25, 0.3) is 5.91 Å². The second-order valence-electron chi connectivity index (χ2n) is 10.8. The monoisotopic (exact) mass is 540 g/mol. The Labute approximate surface area is 230 Å². The molecule has 2 amide bonds. The minimum Gasteiger partial charge on any atom is -0.497 e. The highest BCUT2D eigenvalue weighted by molar-refractivity contribution is 6.05. The van der Waals surface area contributed by atoms with E-state index < -0.39 is 41.1 Å². The fourth-order valence-electron chi connectivity index (χ4n) is 6.66. The molecule has 1 aromatic rings. The SMILES string of the molecule is C=CCCCOC(=O)[C@H]1[C@H]2C(=O)N([C@@H](CC)CO)C(C(=O)N(CC=C)c3ccc(OC)cc3)C23CC[C@]1(C)O3. The van der Waals surface area contributed by atoms with Crippen molar-refractivity contribution < 1.29 is 33.7 Å². The number of ether oxygens (including phenoxy) is 3. The van der Waals surface area contributed by atoms with Gasteiger partial charge in [-0.1, -0.05) is 19.1 Å². The number of anilines is 1. The highest BCUT2D eigenvalue weighted by atomic mass is 16.6. The van der Waals surface area contributed by atoms with E-state index in [9.17, 15) is 19.5 Å². The summed E-state index contributed by atoms with van der Waals surface area (Å²) in [6.07, 6.45) is 6.13. The van der Waals surface area contributed by atoms with E-state index in [2.05, 4.69) is 13.2 Å². The summed E-state index contributed by atoms with van der Waals surface area (Å²) >= 11 is 0. The largest absolute Gasteiger partial charge is 0.497 e. The second-order valence-corrected chi connectivity index (χ2v) is 10.8. The number of nitrogens with zero attached hydrogens (tertiary/aromatic N) is 2. The number of hydrogen-bond donors (Lipinski definition) is 1. The number of aliphatic hydroxyl groups is 1. The molecule has 0 saturated carbocycles. The lowest BCUT2D eigenvalue weighted by molar-refractivity contribution is -0.160. The number of methoxy groups -OCH3 is 1. The number of carbonyl (C=O) groups is 3. The molecule has 3 heterocycles. The molecule has 2 unspecified atom stereocenters. The van der Waals surface area contributed by atoms with Crippen molar-refractivity contribution in [2.45, 2.75) is 69.2 Å². The molecule has 39 heavy (non-hydrogen) atoms. The zero-order valence-corrected chi connectivity index (χ0v) is 23.1. The number of benzene rings is 1. The lowest BCUT2D eigenvalue weighted by Crippen LogP contribution is -2.59. The lowest BCUT2D eigenvalue weighted by atomic mass is 9.66. The van der Waals surface area contributed by atoms with Gasteiger partial charge in [0.1, 0.15) is 23.3 Å². The maximum Gasteiger partial charge on any atom is 0.312 e. The third kappa shape index (κ3) is 4.76. The van der Waals surface area contributed by atoms with Gasteiger partial charge in [-0.15, -0.1) is 13.2 Å². The quantitative estimate of drug-likeness (QED) is 0.233. The minimum atomic E-state index is -1.21. The average Bonchev–Trinajstić information content (AvgIpc) is 3.51. The van der Waals surface area contributed by atoms with Crippen molar-refractivity contribution >= 4 is 23.5 Å². The molecule has 0 aliphatic carbocycles. The molecule has 9 heteroatoms. The normalized spacial score (nSPS) is 29.6. The molecule has 3 aliphatic heterocycles. The third-order valence-corrected chi connectivity index (χ3v) is 8.54. The topological polar surface area (TPSA) is 106 Å². The summed E-state index contributed by atoms with van der Waals surface area (Å²) in [5.74, 6) is -2.24. The molecule has 1 N–H and O–H groups in total. The van der Waals surface area contributed by atoms with Gasteiger partial charge in [0, 0.05) is 12.2 Å². The summed E-state index contributed by atoms with van der Waals surface area (Å²) < 4.78 is 17.5. The van der Waals surface area contributed by atoms with Gasteiger partial charge in [-0.05, 0) is 63.3 Å². The molecule has 3 saturated heterocycles. The molecule has 3 fully saturated rings. The second kappa shape index (κ2) is 11.5. The number of likely N-dealkylation sites (tertiary alicyclic amines) is 1. The first-order valence-electron chi connectivity index (χ1n) is 13.7. The molecular formula is C30H40N2O7. The summed E-state index contributed by atoms with van der Waals surface area (Å²) in [4.78, 5) is 45.2. The predicted octanol–water partition coefficient (Wildman–Crippen LogP) is 3.26. The minimum absolute atomic E-state index is 0.201. The van der Waals surface area contributed by atoms with Gasteiger partial charge in [-0.2, -0.15) is 0 Å². The van der Waals surface area contributed by atoms with Crippen molar-refractivity contribution in [2.75, 3.05) is 31.8 Å². The van der Waals surface area contributed by atoms with Crippen molar-refractivity contribution in [3.8, 4) is 5.75 Å². The van der Waals surface area contributed by atoms with E-state index in [0.29, 0.717) is 43.5 Å².